The molecule has 0 aliphatic heterocycles. The highest BCUT2D eigenvalue weighted by molar-refractivity contribution is 6.31. The number of halogens is 4. The summed E-state index contributed by atoms with van der Waals surface area (Å²) in [7, 11) is 0. The standard InChI is InChI=1S/C20H19ClN6O.C2HF3O2/c21-16-8-15(27-12-26-18-3-1-2-4-19(18)27)6-5-13(16)9-24-20(28)17(22)7-14-10-23-11-25-14;3-2(4,5)1(6)7/h1-6,8,10-12,17H,7,9,22H2,(H,23,25)(H,24,28);(H,6,7)/t17-;/m0./s1. The lowest BCUT2D eigenvalue weighted by molar-refractivity contribution is -0.192. The second-order valence-electron chi connectivity index (χ2n) is 7.29. The number of carbonyl (C=O) groups is 2. The molecule has 2 heterocycles. The van der Waals surface area contributed by atoms with Crippen LogP contribution in [0.15, 0.2) is 61.3 Å². The number of nitrogens with zero attached hydrogens (tertiary/aromatic N) is 3. The van der Waals surface area contributed by atoms with Crippen LogP contribution in [-0.4, -0.2) is 48.7 Å². The SMILES string of the molecule is N[C@@H](Cc1cnc[nH]1)C(=O)NCc1ccc(-n2cnc3ccccc32)cc1Cl.O=C(O)C(F)(F)F. The number of hydrogen-bond donors (Lipinski definition) is 4. The molecule has 4 rings (SSSR count). The number of aromatic amines is 1. The zero-order valence-electron chi connectivity index (χ0n) is 18.0. The molecule has 0 saturated carbocycles. The molecule has 35 heavy (non-hydrogen) atoms. The minimum Gasteiger partial charge on any atom is -0.475 e. The molecule has 1 amide bonds. The molecule has 0 bridgehead atoms. The van der Waals surface area contributed by atoms with Crippen LogP contribution in [0.3, 0.4) is 0 Å². The third kappa shape index (κ3) is 6.80. The number of aliphatic carboxylic acids is 1. The average Bonchev–Trinajstić information content (AvgIpc) is 3.47. The van der Waals surface area contributed by atoms with Crippen LogP contribution in [0.2, 0.25) is 5.02 Å². The third-order valence-electron chi connectivity index (χ3n) is 4.80. The van der Waals surface area contributed by atoms with Crippen molar-refractivity contribution in [2.24, 2.45) is 5.73 Å². The molecule has 184 valence electrons. The zero-order valence-corrected chi connectivity index (χ0v) is 18.7. The van der Waals surface area contributed by atoms with Gasteiger partial charge in [0.1, 0.15) is 6.33 Å². The number of nitrogens with two attached hydrogens (primary N) is 1. The summed E-state index contributed by atoms with van der Waals surface area (Å²) in [5.74, 6) is -3.00. The Morgan fingerprint density at radius 3 is 2.57 bits per heavy atom. The Bertz CT molecular complexity index is 1310. The predicted octanol–water partition coefficient (Wildman–Crippen LogP) is 3.22. The lowest BCUT2D eigenvalue weighted by Crippen LogP contribution is -2.41. The van der Waals surface area contributed by atoms with Gasteiger partial charge in [-0.3, -0.25) is 9.36 Å². The lowest BCUT2D eigenvalue weighted by atomic mass is 10.1. The first-order valence-electron chi connectivity index (χ1n) is 10.1. The fourth-order valence-corrected chi connectivity index (χ4v) is 3.28. The summed E-state index contributed by atoms with van der Waals surface area (Å²) in [6.07, 6.45) is 0.297. The second kappa shape index (κ2) is 11.0. The fraction of sp³-hybridized carbons (Fsp3) is 0.182. The number of para-hydroxylation sites is 2. The van der Waals surface area contributed by atoms with Gasteiger partial charge in [-0.2, -0.15) is 13.2 Å². The molecular formula is C22H20ClF3N6O3. The monoisotopic (exact) mass is 508 g/mol. The van der Waals surface area contributed by atoms with Gasteiger partial charge in [0.05, 0.1) is 23.4 Å². The van der Waals surface area contributed by atoms with E-state index in [0.717, 1.165) is 28.0 Å². The van der Waals surface area contributed by atoms with Gasteiger partial charge in [-0.25, -0.2) is 14.8 Å². The van der Waals surface area contributed by atoms with E-state index in [1.807, 2.05) is 47.0 Å². The molecule has 0 aliphatic carbocycles. The van der Waals surface area contributed by atoms with E-state index >= 15 is 0 Å². The van der Waals surface area contributed by atoms with Gasteiger partial charge in [0.2, 0.25) is 5.91 Å². The molecule has 9 nitrogen and oxygen atoms in total. The molecule has 0 fully saturated rings. The second-order valence-corrected chi connectivity index (χ2v) is 7.69. The minimum absolute atomic E-state index is 0.240. The predicted molar refractivity (Wildman–Crippen MR) is 122 cm³/mol. The molecule has 2 aromatic heterocycles. The molecule has 5 N–H and O–H groups in total. The number of H-pyrrole nitrogens is 1. The van der Waals surface area contributed by atoms with E-state index in [2.05, 4.69) is 20.3 Å². The highest BCUT2D eigenvalue weighted by Crippen LogP contribution is 2.23. The molecule has 0 radical (unpaired) electrons. The summed E-state index contributed by atoms with van der Waals surface area (Å²) in [5, 5.41) is 10.5. The van der Waals surface area contributed by atoms with Gasteiger partial charge in [0, 0.05) is 35.6 Å². The quantitative estimate of drug-likeness (QED) is 0.315. The van der Waals surface area contributed by atoms with E-state index in [1.54, 1.807) is 18.9 Å². The van der Waals surface area contributed by atoms with Crippen LogP contribution in [0.4, 0.5) is 13.2 Å². The molecule has 1 atom stereocenters. The third-order valence-corrected chi connectivity index (χ3v) is 5.15. The largest absolute Gasteiger partial charge is 0.490 e. The van der Waals surface area contributed by atoms with Crippen molar-refractivity contribution < 1.29 is 27.9 Å². The smallest absolute Gasteiger partial charge is 0.475 e. The van der Waals surface area contributed by atoms with Gasteiger partial charge >= 0.3 is 12.1 Å². The summed E-state index contributed by atoms with van der Waals surface area (Å²) < 4.78 is 33.7. The maximum Gasteiger partial charge on any atom is 0.490 e. The highest BCUT2D eigenvalue weighted by atomic mass is 35.5. The van der Waals surface area contributed by atoms with Gasteiger partial charge in [-0.1, -0.05) is 29.8 Å². The number of hydrogen-bond acceptors (Lipinski definition) is 5. The number of carbonyl (C=O) groups excluding carboxylic acids is 1. The highest BCUT2D eigenvalue weighted by Gasteiger charge is 2.38. The number of benzene rings is 2. The first-order valence-corrected chi connectivity index (χ1v) is 10.5. The van der Waals surface area contributed by atoms with Crippen LogP contribution in [-0.2, 0) is 22.6 Å². The summed E-state index contributed by atoms with van der Waals surface area (Å²) in [6.45, 7) is 0.305. The summed E-state index contributed by atoms with van der Waals surface area (Å²) in [6, 6.07) is 12.9. The number of carboxylic acid groups (broad SMARTS) is 1. The number of fused-ring (bicyclic) bond motifs is 1. The molecule has 0 saturated heterocycles. The molecule has 0 unspecified atom stereocenters. The van der Waals surface area contributed by atoms with Crippen LogP contribution in [0, 0.1) is 0 Å². The van der Waals surface area contributed by atoms with Crippen molar-refractivity contribution in [1.82, 2.24) is 24.8 Å². The van der Waals surface area contributed by atoms with Crippen LogP contribution in [0.25, 0.3) is 16.7 Å². The number of carboxylic acids is 1. The zero-order chi connectivity index (χ0) is 25.6. The maximum absolute atomic E-state index is 12.2. The first kappa shape index (κ1) is 25.7. The number of alkyl halides is 3. The van der Waals surface area contributed by atoms with Crippen molar-refractivity contribution in [1.29, 1.82) is 0 Å². The topological polar surface area (TPSA) is 139 Å². The Balaban J connectivity index is 0.000000429. The minimum atomic E-state index is -5.08. The van der Waals surface area contributed by atoms with Gasteiger partial charge in [-0.15, -0.1) is 0 Å². The Morgan fingerprint density at radius 1 is 1.23 bits per heavy atom. The maximum atomic E-state index is 12.2. The van der Waals surface area contributed by atoms with E-state index in [1.165, 1.54) is 0 Å². The van der Waals surface area contributed by atoms with Crippen LogP contribution in [0.1, 0.15) is 11.3 Å². The number of amides is 1. The van der Waals surface area contributed by atoms with Gasteiger partial charge in [-0.05, 0) is 29.8 Å². The number of imidazole rings is 2. The van der Waals surface area contributed by atoms with Crippen LogP contribution < -0.4 is 11.1 Å². The van der Waals surface area contributed by atoms with Crippen molar-refractivity contribution in [2.75, 3.05) is 0 Å². The average molecular weight is 509 g/mol. The summed E-state index contributed by atoms with van der Waals surface area (Å²) in [4.78, 5) is 32.4. The van der Waals surface area contributed by atoms with Crippen molar-refractivity contribution in [3.63, 3.8) is 0 Å². The van der Waals surface area contributed by atoms with Crippen molar-refractivity contribution in [3.05, 3.63) is 77.6 Å². The Labute approximate surface area is 201 Å². The van der Waals surface area contributed by atoms with Crippen LogP contribution >= 0.6 is 11.6 Å². The van der Waals surface area contributed by atoms with E-state index < -0.39 is 18.2 Å². The van der Waals surface area contributed by atoms with Gasteiger partial charge in [0.25, 0.3) is 0 Å². The number of nitrogens with one attached hydrogen (secondary N) is 2. The summed E-state index contributed by atoms with van der Waals surface area (Å²) in [5.41, 5.74) is 10.4. The summed E-state index contributed by atoms with van der Waals surface area (Å²) >= 11 is 6.45. The van der Waals surface area contributed by atoms with Gasteiger partial charge < -0.3 is 21.1 Å². The fourth-order valence-electron chi connectivity index (χ4n) is 3.03. The lowest BCUT2D eigenvalue weighted by Gasteiger charge is -2.13. The van der Waals surface area contributed by atoms with Crippen LogP contribution in [0.5, 0.6) is 0 Å². The van der Waals surface area contributed by atoms with E-state index in [-0.39, 0.29) is 5.91 Å². The molecule has 0 spiro atoms. The Hall–Kier alpha value is -3.90. The Morgan fingerprint density at radius 2 is 1.94 bits per heavy atom. The van der Waals surface area contributed by atoms with E-state index in [0.29, 0.717) is 18.0 Å². The molecule has 4 aromatic rings. The van der Waals surface area contributed by atoms with Gasteiger partial charge in [0.15, 0.2) is 0 Å². The first-order chi connectivity index (χ1) is 16.6. The molecular weight excluding hydrogens is 489 g/mol. The Kier molecular flexibility index (Phi) is 8.10. The van der Waals surface area contributed by atoms with E-state index in [9.17, 15) is 18.0 Å². The number of aromatic nitrogens is 4. The molecule has 13 heteroatoms. The molecule has 2 aromatic carbocycles. The van der Waals surface area contributed by atoms with Crippen molar-refractivity contribution >= 4 is 34.5 Å². The van der Waals surface area contributed by atoms with Crippen molar-refractivity contribution in [3.8, 4) is 5.69 Å². The molecule has 0 aliphatic rings. The number of rotatable bonds is 6. The van der Waals surface area contributed by atoms with Crippen molar-refractivity contribution in [2.45, 2.75) is 25.2 Å². The van der Waals surface area contributed by atoms with E-state index in [4.69, 9.17) is 27.2 Å². The normalized spacial score (nSPS) is 12.0.